The SMILES string of the molecule is CC(F)(F)c1cc2c(cc1C(N)CO)OCCO2. The Hall–Kier alpha value is -1.40. The number of ether oxygens (including phenoxy) is 2. The van der Waals surface area contributed by atoms with Crippen molar-refractivity contribution in [3.63, 3.8) is 0 Å². The Morgan fingerprint density at radius 3 is 2.39 bits per heavy atom. The zero-order chi connectivity index (χ0) is 13.3. The van der Waals surface area contributed by atoms with Gasteiger partial charge in [0.25, 0.3) is 5.92 Å². The van der Waals surface area contributed by atoms with Crippen LogP contribution in [0, 0.1) is 0 Å². The van der Waals surface area contributed by atoms with E-state index in [2.05, 4.69) is 0 Å². The van der Waals surface area contributed by atoms with Crippen LogP contribution in [-0.4, -0.2) is 24.9 Å². The molecule has 0 saturated heterocycles. The summed E-state index contributed by atoms with van der Waals surface area (Å²) < 4.78 is 37.7. The van der Waals surface area contributed by atoms with E-state index in [0.29, 0.717) is 19.0 Å². The van der Waals surface area contributed by atoms with Gasteiger partial charge in [-0.2, -0.15) is 0 Å². The summed E-state index contributed by atoms with van der Waals surface area (Å²) in [6.45, 7) is 1.06. The number of halogens is 2. The van der Waals surface area contributed by atoms with Gasteiger partial charge in [0.05, 0.1) is 12.6 Å². The molecule has 0 bridgehead atoms. The van der Waals surface area contributed by atoms with E-state index in [-0.39, 0.29) is 16.9 Å². The predicted molar refractivity (Wildman–Crippen MR) is 61.0 cm³/mol. The highest BCUT2D eigenvalue weighted by Crippen LogP contribution is 2.40. The van der Waals surface area contributed by atoms with Crippen LogP contribution in [0.25, 0.3) is 0 Å². The quantitative estimate of drug-likeness (QED) is 0.864. The second-order valence-electron chi connectivity index (χ2n) is 4.26. The molecule has 0 radical (unpaired) electrons. The highest BCUT2D eigenvalue weighted by atomic mass is 19.3. The summed E-state index contributed by atoms with van der Waals surface area (Å²) in [7, 11) is 0. The fraction of sp³-hybridized carbons (Fsp3) is 0.500. The minimum atomic E-state index is -3.06. The second-order valence-corrected chi connectivity index (χ2v) is 4.26. The highest BCUT2D eigenvalue weighted by Gasteiger charge is 2.32. The molecule has 3 N–H and O–H groups in total. The van der Waals surface area contributed by atoms with Crippen molar-refractivity contribution in [1.29, 1.82) is 0 Å². The van der Waals surface area contributed by atoms with Gasteiger partial charge in [-0.1, -0.05) is 0 Å². The predicted octanol–water partition coefficient (Wildman–Crippen LogP) is 1.56. The van der Waals surface area contributed by atoms with E-state index in [1.165, 1.54) is 12.1 Å². The Bertz CT molecular complexity index is 446. The van der Waals surface area contributed by atoms with E-state index in [0.717, 1.165) is 6.92 Å². The third-order valence-electron chi connectivity index (χ3n) is 2.78. The van der Waals surface area contributed by atoms with Crippen LogP contribution >= 0.6 is 0 Å². The number of nitrogens with two attached hydrogens (primary N) is 1. The molecule has 1 aromatic rings. The first-order chi connectivity index (χ1) is 8.43. The molecule has 18 heavy (non-hydrogen) atoms. The van der Waals surface area contributed by atoms with E-state index >= 15 is 0 Å². The van der Waals surface area contributed by atoms with Crippen LogP contribution in [0.1, 0.15) is 24.1 Å². The maximum absolute atomic E-state index is 13.5. The number of benzene rings is 1. The Morgan fingerprint density at radius 1 is 1.33 bits per heavy atom. The van der Waals surface area contributed by atoms with E-state index < -0.39 is 18.6 Å². The molecule has 1 atom stereocenters. The van der Waals surface area contributed by atoms with Crippen molar-refractivity contribution in [2.75, 3.05) is 19.8 Å². The lowest BCUT2D eigenvalue weighted by molar-refractivity contribution is 0.0153. The molecule has 2 rings (SSSR count). The van der Waals surface area contributed by atoms with Gasteiger partial charge in [0.15, 0.2) is 11.5 Å². The summed E-state index contributed by atoms with van der Waals surface area (Å²) in [6.07, 6.45) is 0. The zero-order valence-corrected chi connectivity index (χ0v) is 9.95. The summed E-state index contributed by atoms with van der Waals surface area (Å²) in [5, 5.41) is 9.04. The second kappa shape index (κ2) is 4.70. The van der Waals surface area contributed by atoms with Gasteiger partial charge in [-0.15, -0.1) is 0 Å². The number of aliphatic hydroxyl groups excluding tert-OH is 1. The molecule has 6 heteroatoms. The van der Waals surface area contributed by atoms with Crippen LogP contribution in [-0.2, 0) is 5.92 Å². The number of alkyl halides is 2. The molecule has 1 aliphatic heterocycles. The highest BCUT2D eigenvalue weighted by molar-refractivity contribution is 5.50. The zero-order valence-electron chi connectivity index (χ0n) is 9.95. The summed E-state index contributed by atoms with van der Waals surface area (Å²) in [4.78, 5) is 0. The van der Waals surface area contributed by atoms with E-state index in [1.54, 1.807) is 0 Å². The lowest BCUT2D eigenvalue weighted by Gasteiger charge is -2.25. The molecule has 0 aliphatic carbocycles. The molecule has 100 valence electrons. The van der Waals surface area contributed by atoms with Crippen molar-refractivity contribution in [3.05, 3.63) is 23.3 Å². The lowest BCUT2D eigenvalue weighted by Crippen LogP contribution is -2.23. The first kappa shape index (κ1) is 13.0. The molecule has 4 nitrogen and oxygen atoms in total. The van der Waals surface area contributed by atoms with E-state index in [1.807, 2.05) is 0 Å². The molecule has 1 unspecified atom stereocenters. The minimum Gasteiger partial charge on any atom is -0.486 e. The molecule has 0 aromatic heterocycles. The molecule has 1 aromatic carbocycles. The van der Waals surface area contributed by atoms with Crippen LogP contribution < -0.4 is 15.2 Å². The van der Waals surface area contributed by atoms with Crippen molar-refractivity contribution >= 4 is 0 Å². The van der Waals surface area contributed by atoms with Gasteiger partial charge in [-0.25, -0.2) is 8.78 Å². The average Bonchev–Trinajstić information content (AvgIpc) is 2.35. The fourth-order valence-corrected chi connectivity index (χ4v) is 1.89. The van der Waals surface area contributed by atoms with Crippen LogP contribution in [0.4, 0.5) is 8.78 Å². The fourth-order valence-electron chi connectivity index (χ4n) is 1.89. The van der Waals surface area contributed by atoms with Gasteiger partial charge in [0.1, 0.15) is 13.2 Å². The largest absolute Gasteiger partial charge is 0.486 e. The van der Waals surface area contributed by atoms with Gasteiger partial charge < -0.3 is 20.3 Å². The van der Waals surface area contributed by atoms with Crippen LogP contribution in [0.3, 0.4) is 0 Å². The molecule has 0 spiro atoms. The van der Waals surface area contributed by atoms with Gasteiger partial charge >= 0.3 is 0 Å². The Balaban J connectivity index is 2.54. The van der Waals surface area contributed by atoms with Gasteiger partial charge in [-0.3, -0.25) is 0 Å². The third-order valence-corrected chi connectivity index (χ3v) is 2.78. The Morgan fingerprint density at radius 2 is 1.89 bits per heavy atom. The first-order valence-corrected chi connectivity index (χ1v) is 5.61. The monoisotopic (exact) mass is 259 g/mol. The Kier molecular flexibility index (Phi) is 3.41. The topological polar surface area (TPSA) is 64.7 Å². The molecular formula is C12H15F2NO3. The van der Waals surface area contributed by atoms with Crippen molar-refractivity contribution in [3.8, 4) is 11.5 Å². The molecule has 1 heterocycles. The Labute approximate surface area is 103 Å². The first-order valence-electron chi connectivity index (χ1n) is 5.61. The summed E-state index contributed by atoms with van der Waals surface area (Å²) in [5.74, 6) is -2.39. The maximum Gasteiger partial charge on any atom is 0.270 e. The number of hydrogen-bond donors (Lipinski definition) is 2. The van der Waals surface area contributed by atoms with Gasteiger partial charge in [0.2, 0.25) is 0 Å². The number of rotatable bonds is 3. The van der Waals surface area contributed by atoms with Crippen molar-refractivity contribution in [2.24, 2.45) is 5.73 Å². The van der Waals surface area contributed by atoms with Crippen molar-refractivity contribution < 1.29 is 23.4 Å². The molecular weight excluding hydrogens is 244 g/mol. The lowest BCUT2D eigenvalue weighted by atomic mass is 9.96. The molecule has 0 amide bonds. The summed E-state index contributed by atoms with van der Waals surface area (Å²) in [6, 6.07) is 1.78. The van der Waals surface area contributed by atoms with Gasteiger partial charge in [0, 0.05) is 12.5 Å². The normalized spacial score (nSPS) is 16.5. The van der Waals surface area contributed by atoms with Crippen LogP contribution in [0.5, 0.6) is 11.5 Å². The smallest absolute Gasteiger partial charge is 0.270 e. The number of fused-ring (bicyclic) bond motifs is 1. The van der Waals surface area contributed by atoms with E-state index in [4.69, 9.17) is 20.3 Å². The molecule has 0 fully saturated rings. The average molecular weight is 259 g/mol. The number of aliphatic hydroxyl groups is 1. The molecule has 0 saturated carbocycles. The third kappa shape index (κ3) is 2.39. The van der Waals surface area contributed by atoms with Crippen molar-refractivity contribution in [1.82, 2.24) is 0 Å². The number of hydrogen-bond acceptors (Lipinski definition) is 4. The summed E-state index contributed by atoms with van der Waals surface area (Å²) >= 11 is 0. The maximum atomic E-state index is 13.5. The van der Waals surface area contributed by atoms with Crippen LogP contribution in [0.15, 0.2) is 12.1 Å². The van der Waals surface area contributed by atoms with Crippen molar-refractivity contribution in [2.45, 2.75) is 18.9 Å². The summed E-state index contributed by atoms with van der Waals surface area (Å²) in [5.41, 5.74) is 5.58. The van der Waals surface area contributed by atoms with E-state index in [9.17, 15) is 8.78 Å². The minimum absolute atomic E-state index is 0.175. The van der Waals surface area contributed by atoms with Gasteiger partial charge in [-0.05, 0) is 17.7 Å². The standard InChI is InChI=1S/C12H15F2NO3/c1-12(13,14)8-5-11-10(17-2-3-18-11)4-7(8)9(15)6-16/h4-5,9,16H,2-3,6,15H2,1H3. The van der Waals surface area contributed by atoms with Crippen LogP contribution in [0.2, 0.25) is 0 Å². The molecule has 1 aliphatic rings.